The van der Waals surface area contributed by atoms with Crippen LogP contribution in [0.25, 0.3) is 0 Å². The molecule has 0 spiro atoms. The van der Waals surface area contributed by atoms with E-state index in [0.29, 0.717) is 6.61 Å². The van der Waals surface area contributed by atoms with Gasteiger partial charge in [0.2, 0.25) is 0 Å². The molecule has 1 aromatic rings. The maximum absolute atomic E-state index is 12.5. The molecule has 1 unspecified atom stereocenters. The van der Waals surface area contributed by atoms with Crippen molar-refractivity contribution in [2.75, 3.05) is 46.4 Å². The average molecular weight is 449 g/mol. The van der Waals surface area contributed by atoms with Gasteiger partial charge in [-0.25, -0.2) is 0 Å². The summed E-state index contributed by atoms with van der Waals surface area (Å²) >= 11 is 3.70. The number of nitrogens with zero attached hydrogens (tertiary/aromatic N) is 3. The SMILES string of the molecule is CN=C(NCC1(c2ccccc2Br)CC1)N1CCN(C(=O)C2CCCO2)CC1. The minimum absolute atomic E-state index is 0.158. The number of ether oxygens (including phenoxy) is 1. The van der Waals surface area contributed by atoms with E-state index in [9.17, 15) is 4.79 Å². The highest BCUT2D eigenvalue weighted by atomic mass is 79.9. The molecule has 0 aromatic heterocycles. The van der Waals surface area contributed by atoms with Crippen molar-refractivity contribution in [1.29, 1.82) is 0 Å². The van der Waals surface area contributed by atoms with Crippen LogP contribution in [0.15, 0.2) is 33.7 Å². The normalized spacial score (nSPS) is 24.4. The lowest BCUT2D eigenvalue weighted by Crippen LogP contribution is -2.55. The number of halogens is 1. The summed E-state index contributed by atoms with van der Waals surface area (Å²) in [7, 11) is 1.84. The Morgan fingerprint density at radius 1 is 1.25 bits per heavy atom. The Morgan fingerprint density at radius 3 is 2.57 bits per heavy atom. The summed E-state index contributed by atoms with van der Waals surface area (Å²) < 4.78 is 6.74. The fourth-order valence-electron chi connectivity index (χ4n) is 4.28. The van der Waals surface area contributed by atoms with E-state index in [-0.39, 0.29) is 17.4 Å². The third-order valence-electron chi connectivity index (χ3n) is 6.19. The van der Waals surface area contributed by atoms with Gasteiger partial charge in [-0.15, -0.1) is 0 Å². The topological polar surface area (TPSA) is 57.2 Å². The van der Waals surface area contributed by atoms with E-state index >= 15 is 0 Å². The highest BCUT2D eigenvalue weighted by molar-refractivity contribution is 9.10. The number of guanidine groups is 1. The van der Waals surface area contributed by atoms with Gasteiger partial charge in [0.05, 0.1) is 0 Å². The van der Waals surface area contributed by atoms with Crippen molar-refractivity contribution >= 4 is 27.8 Å². The molecular weight excluding hydrogens is 420 g/mol. The quantitative estimate of drug-likeness (QED) is 0.567. The standard InChI is InChI=1S/C21H29BrN4O2/c1-23-20(24-15-21(8-9-21)16-5-2-3-6-17(16)22)26-12-10-25(11-13-26)19(27)18-7-4-14-28-18/h2-3,5-6,18H,4,7-15H2,1H3,(H,23,24). The van der Waals surface area contributed by atoms with E-state index < -0.39 is 0 Å². The molecule has 1 aromatic carbocycles. The lowest BCUT2D eigenvalue weighted by molar-refractivity contribution is -0.142. The zero-order valence-corrected chi connectivity index (χ0v) is 18.1. The summed E-state index contributed by atoms with van der Waals surface area (Å²) in [4.78, 5) is 21.2. The molecular formula is C21H29BrN4O2. The highest BCUT2D eigenvalue weighted by Gasteiger charge is 2.45. The fraction of sp³-hybridized carbons (Fsp3) is 0.619. The Kier molecular flexibility index (Phi) is 5.92. The van der Waals surface area contributed by atoms with E-state index in [2.05, 4.69) is 55.4 Å². The van der Waals surface area contributed by atoms with E-state index in [4.69, 9.17) is 4.74 Å². The molecule has 0 bridgehead atoms. The molecule has 2 saturated heterocycles. The van der Waals surface area contributed by atoms with Gasteiger partial charge < -0.3 is 19.9 Å². The summed E-state index contributed by atoms with van der Waals surface area (Å²) in [6, 6.07) is 8.51. The van der Waals surface area contributed by atoms with Crippen LogP contribution in [0.1, 0.15) is 31.2 Å². The molecule has 7 heteroatoms. The first kappa shape index (κ1) is 19.7. The number of aliphatic imine (C=N–C) groups is 1. The molecule has 0 radical (unpaired) electrons. The van der Waals surface area contributed by atoms with Gasteiger partial charge in [0.1, 0.15) is 6.10 Å². The maximum atomic E-state index is 12.5. The van der Waals surface area contributed by atoms with Gasteiger partial charge in [-0.05, 0) is 37.3 Å². The number of piperazine rings is 1. The molecule has 28 heavy (non-hydrogen) atoms. The number of amides is 1. The molecule has 6 nitrogen and oxygen atoms in total. The number of hydrogen-bond acceptors (Lipinski definition) is 3. The van der Waals surface area contributed by atoms with Crippen molar-refractivity contribution in [3.63, 3.8) is 0 Å². The van der Waals surface area contributed by atoms with Crippen LogP contribution in [0.4, 0.5) is 0 Å². The minimum Gasteiger partial charge on any atom is -0.368 e. The molecule has 2 heterocycles. The van der Waals surface area contributed by atoms with Crippen molar-refractivity contribution in [2.24, 2.45) is 4.99 Å². The maximum Gasteiger partial charge on any atom is 0.251 e. The van der Waals surface area contributed by atoms with E-state index in [0.717, 1.165) is 51.5 Å². The second-order valence-corrected chi connectivity index (χ2v) is 8.83. The Bertz CT molecular complexity index is 736. The zero-order valence-electron chi connectivity index (χ0n) is 16.5. The smallest absolute Gasteiger partial charge is 0.251 e. The number of benzene rings is 1. The van der Waals surface area contributed by atoms with Gasteiger partial charge >= 0.3 is 0 Å². The van der Waals surface area contributed by atoms with Crippen LogP contribution in [-0.2, 0) is 14.9 Å². The summed E-state index contributed by atoms with van der Waals surface area (Å²) in [5, 5.41) is 3.59. The van der Waals surface area contributed by atoms with E-state index in [1.165, 1.54) is 22.9 Å². The first-order chi connectivity index (χ1) is 13.6. The largest absolute Gasteiger partial charge is 0.368 e. The van der Waals surface area contributed by atoms with E-state index in [1.54, 1.807) is 0 Å². The number of hydrogen-bond donors (Lipinski definition) is 1. The summed E-state index contributed by atoms with van der Waals surface area (Å²) in [6.07, 6.45) is 4.03. The van der Waals surface area contributed by atoms with Gasteiger partial charge in [-0.1, -0.05) is 34.1 Å². The monoisotopic (exact) mass is 448 g/mol. The minimum atomic E-state index is -0.219. The number of carbonyl (C=O) groups is 1. The zero-order chi connectivity index (χ0) is 19.6. The highest BCUT2D eigenvalue weighted by Crippen LogP contribution is 2.49. The van der Waals surface area contributed by atoms with Gasteiger partial charge in [0.25, 0.3) is 5.91 Å². The first-order valence-electron chi connectivity index (χ1n) is 10.2. The van der Waals surface area contributed by atoms with Crippen molar-refractivity contribution in [2.45, 2.75) is 37.2 Å². The lowest BCUT2D eigenvalue weighted by atomic mass is 9.96. The predicted molar refractivity (Wildman–Crippen MR) is 114 cm³/mol. The first-order valence-corrected chi connectivity index (χ1v) is 11.0. The molecule has 3 aliphatic rings. The molecule has 152 valence electrons. The second-order valence-electron chi connectivity index (χ2n) is 7.97. The van der Waals surface area contributed by atoms with Gasteiger partial charge in [0.15, 0.2) is 5.96 Å². The number of carbonyl (C=O) groups excluding carboxylic acids is 1. The lowest BCUT2D eigenvalue weighted by Gasteiger charge is -2.37. The Morgan fingerprint density at radius 2 is 1.96 bits per heavy atom. The molecule has 1 amide bonds. The Labute approximate surface area is 175 Å². The molecule has 1 atom stereocenters. The second kappa shape index (κ2) is 8.41. The summed E-state index contributed by atoms with van der Waals surface area (Å²) in [5.74, 6) is 1.09. The molecule has 1 saturated carbocycles. The van der Waals surface area contributed by atoms with Gasteiger partial charge in [-0.3, -0.25) is 9.79 Å². The van der Waals surface area contributed by atoms with Crippen molar-refractivity contribution in [3.8, 4) is 0 Å². The Hall–Kier alpha value is -1.60. The van der Waals surface area contributed by atoms with Crippen LogP contribution in [0.2, 0.25) is 0 Å². The summed E-state index contributed by atoms with van der Waals surface area (Å²) in [6.45, 7) is 4.67. The molecule has 1 aliphatic carbocycles. The van der Waals surface area contributed by atoms with Crippen LogP contribution >= 0.6 is 15.9 Å². The van der Waals surface area contributed by atoms with E-state index in [1.807, 2.05) is 11.9 Å². The average Bonchev–Trinajstić information content (AvgIpc) is 3.30. The van der Waals surface area contributed by atoms with Crippen molar-refractivity contribution in [1.82, 2.24) is 15.1 Å². The van der Waals surface area contributed by atoms with Gasteiger partial charge in [0, 0.05) is 56.3 Å². The van der Waals surface area contributed by atoms with Crippen molar-refractivity contribution in [3.05, 3.63) is 34.3 Å². The van der Waals surface area contributed by atoms with Gasteiger partial charge in [-0.2, -0.15) is 0 Å². The van der Waals surface area contributed by atoms with Crippen LogP contribution in [0, 0.1) is 0 Å². The molecule has 2 aliphatic heterocycles. The van der Waals surface area contributed by atoms with Crippen LogP contribution in [-0.4, -0.2) is 74.1 Å². The van der Waals surface area contributed by atoms with Crippen LogP contribution in [0.3, 0.4) is 0 Å². The van der Waals surface area contributed by atoms with Crippen LogP contribution in [0.5, 0.6) is 0 Å². The third-order valence-corrected chi connectivity index (χ3v) is 6.88. The summed E-state index contributed by atoms with van der Waals surface area (Å²) in [5.41, 5.74) is 1.58. The third kappa shape index (κ3) is 4.06. The Balaban J connectivity index is 1.31. The molecule has 3 fully saturated rings. The molecule has 4 rings (SSSR count). The number of rotatable bonds is 4. The predicted octanol–water partition coefficient (Wildman–Crippen LogP) is 2.38. The number of nitrogens with one attached hydrogen (secondary N) is 1. The van der Waals surface area contributed by atoms with Crippen molar-refractivity contribution < 1.29 is 9.53 Å². The molecule has 1 N–H and O–H groups in total. The van der Waals surface area contributed by atoms with Crippen LogP contribution < -0.4 is 5.32 Å². The fourth-order valence-corrected chi connectivity index (χ4v) is 4.98.